The zero-order valence-electron chi connectivity index (χ0n) is 12.5. The fourth-order valence-corrected chi connectivity index (χ4v) is 2.66. The topological polar surface area (TPSA) is 116 Å². The van der Waals surface area contributed by atoms with Crippen molar-refractivity contribution >= 4 is 23.0 Å². The second-order valence-corrected chi connectivity index (χ2v) is 5.41. The molecule has 1 aliphatic rings. The van der Waals surface area contributed by atoms with Crippen LogP contribution in [0.4, 0.5) is 23.0 Å². The summed E-state index contributed by atoms with van der Waals surface area (Å²) in [5.41, 5.74) is 20.6. The maximum Gasteiger partial charge on any atom is 0.147 e. The average Bonchev–Trinajstić information content (AvgIpc) is 2.50. The molecule has 1 saturated heterocycles. The van der Waals surface area contributed by atoms with Crippen molar-refractivity contribution in [3.63, 3.8) is 0 Å². The Morgan fingerprint density at radius 3 is 2.86 bits per heavy atom. The van der Waals surface area contributed by atoms with Crippen LogP contribution in [0.5, 0.6) is 0 Å². The van der Waals surface area contributed by atoms with Gasteiger partial charge in [-0.05, 0) is 19.1 Å². The highest BCUT2D eigenvalue weighted by Gasteiger charge is 2.20. The van der Waals surface area contributed by atoms with Crippen LogP contribution in [0.25, 0.3) is 11.3 Å². The molecule has 22 heavy (non-hydrogen) atoms. The lowest BCUT2D eigenvalue weighted by atomic mass is 10.1. The molecular weight excluding hydrogens is 280 g/mol. The van der Waals surface area contributed by atoms with Crippen LogP contribution in [0.15, 0.2) is 24.4 Å². The Kier molecular flexibility index (Phi) is 3.72. The van der Waals surface area contributed by atoms with E-state index in [4.69, 9.17) is 21.9 Å². The lowest BCUT2D eigenvalue weighted by Gasteiger charge is -2.35. The smallest absolute Gasteiger partial charge is 0.147 e. The van der Waals surface area contributed by atoms with Crippen LogP contribution in [0.1, 0.15) is 6.92 Å². The number of nitrogen functional groups attached to an aromatic ring is 3. The van der Waals surface area contributed by atoms with Crippen molar-refractivity contribution in [1.29, 1.82) is 0 Å². The molecule has 0 amide bonds. The zero-order chi connectivity index (χ0) is 15.7. The summed E-state index contributed by atoms with van der Waals surface area (Å²) in [6, 6.07) is 5.92. The fourth-order valence-electron chi connectivity index (χ4n) is 2.66. The van der Waals surface area contributed by atoms with E-state index in [-0.39, 0.29) is 6.04 Å². The van der Waals surface area contributed by atoms with E-state index in [1.165, 1.54) is 0 Å². The molecule has 3 rings (SSSR count). The summed E-state index contributed by atoms with van der Waals surface area (Å²) in [4.78, 5) is 10.6. The summed E-state index contributed by atoms with van der Waals surface area (Å²) in [6.07, 6.45) is 1.61. The van der Waals surface area contributed by atoms with Gasteiger partial charge in [0.05, 0.1) is 24.6 Å². The third kappa shape index (κ3) is 2.62. The molecular formula is C15H20N6O. The second kappa shape index (κ2) is 5.69. The molecule has 0 aromatic carbocycles. The van der Waals surface area contributed by atoms with Gasteiger partial charge in [0.25, 0.3) is 0 Å². The summed E-state index contributed by atoms with van der Waals surface area (Å²) in [6.45, 7) is 4.33. The van der Waals surface area contributed by atoms with E-state index in [1.807, 2.05) is 12.1 Å². The van der Waals surface area contributed by atoms with Gasteiger partial charge in [-0.3, -0.25) is 0 Å². The monoisotopic (exact) mass is 300 g/mol. The van der Waals surface area contributed by atoms with Crippen molar-refractivity contribution in [1.82, 2.24) is 9.97 Å². The molecule has 1 fully saturated rings. The van der Waals surface area contributed by atoms with Gasteiger partial charge in [0.2, 0.25) is 0 Å². The van der Waals surface area contributed by atoms with Crippen molar-refractivity contribution < 1.29 is 4.74 Å². The molecule has 6 N–H and O–H groups in total. The lowest BCUT2D eigenvalue weighted by molar-refractivity contribution is 0.0989. The highest BCUT2D eigenvalue weighted by Crippen LogP contribution is 2.31. The second-order valence-electron chi connectivity index (χ2n) is 5.41. The first-order valence-electron chi connectivity index (χ1n) is 7.18. The minimum absolute atomic E-state index is 0.281. The predicted molar refractivity (Wildman–Crippen MR) is 88.3 cm³/mol. The number of hydrogen-bond donors (Lipinski definition) is 3. The molecule has 1 aliphatic heterocycles. The van der Waals surface area contributed by atoms with Crippen LogP contribution in [-0.4, -0.2) is 35.8 Å². The molecule has 1 atom stereocenters. The fraction of sp³-hybridized carbons (Fsp3) is 0.333. The molecule has 0 radical (unpaired) electrons. The largest absolute Gasteiger partial charge is 0.395 e. The van der Waals surface area contributed by atoms with Gasteiger partial charge < -0.3 is 26.8 Å². The quantitative estimate of drug-likeness (QED) is 0.760. The van der Waals surface area contributed by atoms with Gasteiger partial charge in [-0.1, -0.05) is 0 Å². The number of nitrogens with zero attached hydrogens (tertiary/aromatic N) is 3. The normalized spacial score (nSPS) is 18.4. The van der Waals surface area contributed by atoms with Gasteiger partial charge in [0.1, 0.15) is 11.6 Å². The van der Waals surface area contributed by atoms with Gasteiger partial charge in [0.15, 0.2) is 0 Å². The van der Waals surface area contributed by atoms with Crippen LogP contribution in [0, 0.1) is 0 Å². The van der Waals surface area contributed by atoms with Crippen molar-refractivity contribution in [2.24, 2.45) is 0 Å². The van der Waals surface area contributed by atoms with E-state index in [9.17, 15) is 0 Å². The number of aromatic nitrogens is 2. The molecule has 0 spiro atoms. The van der Waals surface area contributed by atoms with E-state index >= 15 is 0 Å². The van der Waals surface area contributed by atoms with Crippen LogP contribution in [-0.2, 0) is 4.74 Å². The van der Waals surface area contributed by atoms with Gasteiger partial charge in [0, 0.05) is 36.1 Å². The number of rotatable bonds is 2. The Labute approximate surface area is 129 Å². The van der Waals surface area contributed by atoms with Crippen LogP contribution in [0.2, 0.25) is 0 Å². The summed E-state index contributed by atoms with van der Waals surface area (Å²) in [7, 11) is 0. The Morgan fingerprint density at radius 2 is 2.09 bits per heavy atom. The Morgan fingerprint density at radius 1 is 1.27 bits per heavy atom. The van der Waals surface area contributed by atoms with E-state index in [0.717, 1.165) is 17.8 Å². The standard InChI is InChI=1S/C15H20N6O/c1-9-8-22-5-4-21(9)10-6-12(20-13(16)7-10)11-2-3-19-15(18)14(11)17/h2-3,6-7,9H,4-5,8,17H2,1H3,(H2,16,20)(H2,18,19). The molecule has 0 bridgehead atoms. The van der Waals surface area contributed by atoms with E-state index in [2.05, 4.69) is 21.8 Å². The van der Waals surface area contributed by atoms with Crippen molar-refractivity contribution in [3.8, 4) is 11.3 Å². The Bertz CT molecular complexity index is 690. The number of anilines is 4. The van der Waals surface area contributed by atoms with E-state index in [1.54, 1.807) is 12.3 Å². The molecule has 1 unspecified atom stereocenters. The Balaban J connectivity index is 2.05. The first kappa shape index (κ1) is 14.4. The van der Waals surface area contributed by atoms with Crippen LogP contribution < -0.4 is 22.1 Å². The SMILES string of the molecule is CC1COCCN1c1cc(N)nc(-c2ccnc(N)c2N)c1. The minimum Gasteiger partial charge on any atom is -0.395 e. The molecule has 7 heteroatoms. The number of ether oxygens (including phenoxy) is 1. The van der Waals surface area contributed by atoms with Crippen LogP contribution >= 0.6 is 0 Å². The first-order chi connectivity index (χ1) is 10.6. The highest BCUT2D eigenvalue weighted by molar-refractivity contribution is 5.82. The van der Waals surface area contributed by atoms with Crippen LogP contribution in [0.3, 0.4) is 0 Å². The van der Waals surface area contributed by atoms with E-state index < -0.39 is 0 Å². The summed E-state index contributed by atoms with van der Waals surface area (Å²) < 4.78 is 5.48. The summed E-state index contributed by atoms with van der Waals surface area (Å²) in [5.74, 6) is 0.740. The maximum atomic E-state index is 6.02. The lowest BCUT2D eigenvalue weighted by Crippen LogP contribution is -2.43. The van der Waals surface area contributed by atoms with Gasteiger partial charge in [-0.15, -0.1) is 0 Å². The van der Waals surface area contributed by atoms with Crippen molar-refractivity contribution in [2.45, 2.75) is 13.0 Å². The molecule has 7 nitrogen and oxygen atoms in total. The van der Waals surface area contributed by atoms with Crippen molar-refractivity contribution in [3.05, 3.63) is 24.4 Å². The predicted octanol–water partition coefficient (Wildman–Crippen LogP) is 1.12. The number of nitrogens with two attached hydrogens (primary N) is 3. The Hall–Kier alpha value is -2.54. The minimum atomic E-state index is 0.281. The number of hydrogen-bond acceptors (Lipinski definition) is 7. The average molecular weight is 300 g/mol. The molecule has 3 heterocycles. The summed E-state index contributed by atoms with van der Waals surface area (Å²) in [5, 5.41) is 0. The number of morpholine rings is 1. The summed E-state index contributed by atoms with van der Waals surface area (Å²) >= 11 is 0. The molecule has 0 saturated carbocycles. The maximum absolute atomic E-state index is 6.02. The molecule has 116 valence electrons. The number of pyridine rings is 2. The van der Waals surface area contributed by atoms with Gasteiger partial charge in [-0.25, -0.2) is 9.97 Å². The molecule has 2 aromatic rings. The third-order valence-corrected chi connectivity index (χ3v) is 3.83. The highest BCUT2D eigenvalue weighted by atomic mass is 16.5. The molecule has 2 aromatic heterocycles. The van der Waals surface area contributed by atoms with E-state index in [0.29, 0.717) is 36.2 Å². The van der Waals surface area contributed by atoms with Gasteiger partial charge in [-0.2, -0.15) is 0 Å². The zero-order valence-corrected chi connectivity index (χ0v) is 12.5. The van der Waals surface area contributed by atoms with Gasteiger partial charge >= 0.3 is 0 Å². The third-order valence-electron chi connectivity index (χ3n) is 3.83. The molecule has 0 aliphatic carbocycles. The first-order valence-corrected chi connectivity index (χ1v) is 7.18. The van der Waals surface area contributed by atoms with Crippen molar-refractivity contribution in [2.75, 3.05) is 41.9 Å².